The van der Waals surface area contributed by atoms with E-state index in [0.29, 0.717) is 4.63 Å². The summed E-state index contributed by atoms with van der Waals surface area (Å²) in [6.45, 7) is 0. The summed E-state index contributed by atoms with van der Waals surface area (Å²) in [5, 5.41) is 11.4. The fourth-order valence-electron chi connectivity index (χ4n) is 0.174. The van der Waals surface area contributed by atoms with E-state index in [1.54, 1.807) is 5.41 Å². The molecule has 34 valence electrons. The third kappa shape index (κ3) is 0.649. The maximum Gasteiger partial charge on any atom is 0.119 e. The second kappa shape index (κ2) is 1.51. The van der Waals surface area contributed by atoms with E-state index in [1.165, 1.54) is 6.26 Å². The van der Waals surface area contributed by atoms with Crippen LogP contribution < -0.4 is 0 Å². The lowest BCUT2D eigenvalue weighted by Gasteiger charge is -2.14. The maximum atomic E-state index is 9.84. The molecule has 1 aliphatic rings. The molecule has 0 aliphatic carbocycles. The first-order chi connectivity index (χ1) is 2.89. The Kier molecular flexibility index (Phi) is 0.999. The van der Waals surface area contributed by atoms with E-state index >= 15 is 0 Å². The summed E-state index contributed by atoms with van der Waals surface area (Å²) in [5.74, 6) is 0. The van der Waals surface area contributed by atoms with Crippen LogP contribution in [0.25, 0.3) is 0 Å². The average Bonchev–Trinajstić information content (AvgIpc) is 1.86. The highest BCUT2D eigenvalue weighted by atomic mass is 32.2. The molecule has 1 aliphatic heterocycles. The molecule has 0 N–H and O–H groups in total. The first-order valence-electron chi connectivity index (χ1n) is 1.35. The molecule has 1 heterocycles. The van der Waals surface area contributed by atoms with Gasteiger partial charge in [0.1, 0.15) is 6.26 Å². The number of rotatable bonds is 0. The molecule has 6 heavy (non-hydrogen) atoms. The molecule has 0 amide bonds. The summed E-state index contributed by atoms with van der Waals surface area (Å²) in [6, 6.07) is 0. The van der Waals surface area contributed by atoms with Crippen molar-refractivity contribution in [3.05, 3.63) is 16.9 Å². The van der Waals surface area contributed by atoms with Gasteiger partial charge >= 0.3 is 0 Å². The molecule has 0 aromatic heterocycles. The van der Waals surface area contributed by atoms with Crippen molar-refractivity contribution in [1.29, 1.82) is 0 Å². The third-order valence-corrected chi connectivity index (χ3v) is 0.840. The Labute approximate surface area is 39.2 Å². The third-order valence-electron chi connectivity index (χ3n) is 0.349. The van der Waals surface area contributed by atoms with Gasteiger partial charge < -0.3 is 10.0 Å². The molecule has 0 radical (unpaired) electrons. The molecule has 0 aromatic rings. The molecule has 0 saturated carbocycles. The molecule has 0 bridgehead atoms. The Hall–Kier alpha value is -0.190. The largest absolute Gasteiger partial charge is 0.742 e. The standard InChI is InChI=1S/C2H2NO2S/c4-3-5-1-2-6-3/h1-2H/q-1. The first-order valence-corrected chi connectivity index (χ1v) is 2.19. The van der Waals surface area contributed by atoms with Crippen LogP contribution in [0.5, 0.6) is 0 Å². The Balaban J connectivity index is 2.32. The van der Waals surface area contributed by atoms with Crippen molar-refractivity contribution in [3.8, 4) is 0 Å². The molecule has 0 unspecified atom stereocenters. The van der Waals surface area contributed by atoms with Gasteiger partial charge in [0.15, 0.2) is 0 Å². The number of hydrogen-bond donors (Lipinski definition) is 0. The predicted octanol–water partition coefficient (Wildman–Crippen LogP) is 0.851. The lowest BCUT2D eigenvalue weighted by Crippen LogP contribution is -1.94. The monoisotopic (exact) mass is 104 g/mol. The predicted molar refractivity (Wildman–Crippen MR) is 23.0 cm³/mol. The average molecular weight is 104 g/mol. The van der Waals surface area contributed by atoms with Gasteiger partial charge in [-0.2, -0.15) is 0 Å². The quantitative estimate of drug-likeness (QED) is 0.427. The molecule has 3 nitrogen and oxygen atoms in total. The molecule has 0 aromatic carbocycles. The fraction of sp³-hybridized carbons (Fsp3) is 0. The minimum absolute atomic E-state index is 0.417. The lowest BCUT2D eigenvalue weighted by molar-refractivity contribution is 0.0533. The maximum absolute atomic E-state index is 9.84. The summed E-state index contributed by atoms with van der Waals surface area (Å²) in [7, 11) is 0. The van der Waals surface area contributed by atoms with Crippen LogP contribution in [-0.2, 0) is 4.84 Å². The minimum Gasteiger partial charge on any atom is -0.742 e. The molecule has 0 saturated heterocycles. The Morgan fingerprint density at radius 3 is 2.83 bits per heavy atom. The molecular formula is C2H2NO2S-. The van der Waals surface area contributed by atoms with Crippen LogP contribution in [-0.4, -0.2) is 4.63 Å². The zero-order valence-corrected chi connectivity index (χ0v) is 3.64. The van der Waals surface area contributed by atoms with Crippen LogP contribution in [0.2, 0.25) is 0 Å². The molecule has 0 atom stereocenters. The molecule has 0 fully saturated rings. The van der Waals surface area contributed by atoms with Crippen molar-refractivity contribution in [2.45, 2.75) is 0 Å². The second-order valence-electron chi connectivity index (χ2n) is 0.707. The summed E-state index contributed by atoms with van der Waals surface area (Å²) < 4.78 is 0.417. The van der Waals surface area contributed by atoms with Crippen molar-refractivity contribution < 1.29 is 4.84 Å². The number of hydrogen-bond acceptors (Lipinski definition) is 4. The summed E-state index contributed by atoms with van der Waals surface area (Å²) in [6.07, 6.45) is 1.33. The smallest absolute Gasteiger partial charge is 0.119 e. The van der Waals surface area contributed by atoms with E-state index < -0.39 is 0 Å². The highest BCUT2D eigenvalue weighted by molar-refractivity contribution is 7.99. The van der Waals surface area contributed by atoms with Crippen molar-refractivity contribution in [2.75, 3.05) is 0 Å². The van der Waals surface area contributed by atoms with Gasteiger partial charge in [0, 0.05) is 5.41 Å². The van der Waals surface area contributed by atoms with Gasteiger partial charge in [0.25, 0.3) is 0 Å². The molecular weight excluding hydrogens is 102 g/mol. The van der Waals surface area contributed by atoms with Gasteiger partial charge in [-0.05, 0) is 11.9 Å². The van der Waals surface area contributed by atoms with Crippen LogP contribution in [0.1, 0.15) is 0 Å². The molecule has 1 rings (SSSR count). The van der Waals surface area contributed by atoms with Gasteiger partial charge in [0.2, 0.25) is 0 Å². The second-order valence-corrected chi connectivity index (χ2v) is 1.49. The van der Waals surface area contributed by atoms with E-state index in [4.69, 9.17) is 0 Å². The minimum atomic E-state index is 0.417. The van der Waals surface area contributed by atoms with Crippen molar-refractivity contribution in [3.63, 3.8) is 0 Å². The first kappa shape index (κ1) is 3.98. The Morgan fingerprint density at radius 1 is 1.83 bits per heavy atom. The van der Waals surface area contributed by atoms with Crippen LogP contribution in [0.4, 0.5) is 0 Å². The summed E-state index contributed by atoms with van der Waals surface area (Å²) >= 11 is 0.972. The molecule has 4 heteroatoms. The van der Waals surface area contributed by atoms with Crippen LogP contribution in [0.15, 0.2) is 11.7 Å². The van der Waals surface area contributed by atoms with E-state index in [-0.39, 0.29) is 0 Å². The summed E-state index contributed by atoms with van der Waals surface area (Å²) in [5.41, 5.74) is 0. The van der Waals surface area contributed by atoms with Gasteiger partial charge in [-0.25, -0.2) is 0 Å². The van der Waals surface area contributed by atoms with Crippen LogP contribution >= 0.6 is 11.9 Å². The van der Waals surface area contributed by atoms with Crippen molar-refractivity contribution in [2.24, 2.45) is 0 Å². The van der Waals surface area contributed by atoms with E-state index in [9.17, 15) is 5.21 Å². The van der Waals surface area contributed by atoms with Crippen LogP contribution in [0, 0.1) is 5.21 Å². The number of nitrogens with zero attached hydrogens (tertiary/aromatic N) is 1. The topological polar surface area (TPSA) is 35.5 Å². The zero-order chi connectivity index (χ0) is 4.41. The van der Waals surface area contributed by atoms with E-state index in [2.05, 4.69) is 4.84 Å². The Morgan fingerprint density at radius 2 is 2.67 bits per heavy atom. The van der Waals surface area contributed by atoms with Gasteiger partial charge in [-0.3, -0.25) is 0 Å². The van der Waals surface area contributed by atoms with Gasteiger partial charge in [0.05, 0.1) is 0 Å². The lowest BCUT2D eigenvalue weighted by atomic mass is 11.2. The zero-order valence-electron chi connectivity index (χ0n) is 2.83. The summed E-state index contributed by atoms with van der Waals surface area (Å²) in [4.78, 5) is 4.21. The Bertz CT molecular complexity index is 65.9. The molecule has 0 spiro atoms. The van der Waals surface area contributed by atoms with Crippen LogP contribution in [0.3, 0.4) is 0 Å². The normalized spacial score (nSPS) is 21.5. The van der Waals surface area contributed by atoms with E-state index in [0.717, 1.165) is 11.9 Å². The van der Waals surface area contributed by atoms with E-state index in [1.807, 2.05) is 0 Å². The van der Waals surface area contributed by atoms with Crippen molar-refractivity contribution >= 4 is 11.9 Å². The van der Waals surface area contributed by atoms with Crippen molar-refractivity contribution in [1.82, 2.24) is 4.63 Å². The SMILES string of the molecule is [O-]N1OC=CS1. The highest BCUT2D eigenvalue weighted by Gasteiger charge is 1.90. The fourth-order valence-corrected chi connectivity index (χ4v) is 0.472. The van der Waals surface area contributed by atoms with Gasteiger partial charge in [-0.1, -0.05) is 0 Å². The highest BCUT2D eigenvalue weighted by Crippen LogP contribution is 2.15. The van der Waals surface area contributed by atoms with Gasteiger partial charge in [-0.15, -0.1) is 4.63 Å².